The highest BCUT2D eigenvalue weighted by Gasteiger charge is 2.16. The molecule has 0 bridgehead atoms. The van der Waals surface area contributed by atoms with Crippen LogP contribution < -0.4 is 10.1 Å². The second-order valence-corrected chi connectivity index (χ2v) is 5.65. The molecule has 3 nitrogen and oxygen atoms in total. The van der Waals surface area contributed by atoms with Crippen LogP contribution in [0.25, 0.3) is 0 Å². The molecule has 0 unspecified atom stereocenters. The van der Waals surface area contributed by atoms with Gasteiger partial charge in [-0.25, -0.2) is 4.39 Å². The van der Waals surface area contributed by atoms with Gasteiger partial charge in [-0.15, -0.1) is 0 Å². The molecule has 1 amide bonds. The SMILES string of the molecule is C[C@@H](CCc1ccccc1)NC(=O)[C@@H](C)Oc1ccc(F)cc1. The molecule has 0 saturated carbocycles. The van der Waals surface area contributed by atoms with Crippen molar-refractivity contribution in [2.75, 3.05) is 0 Å². The number of aryl methyl sites for hydroxylation is 1. The Labute approximate surface area is 136 Å². The monoisotopic (exact) mass is 315 g/mol. The van der Waals surface area contributed by atoms with Gasteiger partial charge in [-0.3, -0.25) is 4.79 Å². The molecule has 122 valence electrons. The van der Waals surface area contributed by atoms with E-state index < -0.39 is 6.10 Å². The highest BCUT2D eigenvalue weighted by Crippen LogP contribution is 2.13. The van der Waals surface area contributed by atoms with Gasteiger partial charge in [-0.1, -0.05) is 30.3 Å². The first-order chi connectivity index (χ1) is 11.0. The quantitative estimate of drug-likeness (QED) is 0.845. The van der Waals surface area contributed by atoms with Crippen LogP contribution in [0.1, 0.15) is 25.8 Å². The van der Waals surface area contributed by atoms with E-state index in [0.29, 0.717) is 5.75 Å². The molecule has 2 aromatic carbocycles. The molecule has 1 N–H and O–H groups in total. The molecule has 0 fully saturated rings. The molecule has 0 aliphatic rings. The first-order valence-electron chi connectivity index (χ1n) is 7.81. The molecule has 0 aliphatic heterocycles. The van der Waals surface area contributed by atoms with Crippen molar-refractivity contribution in [2.24, 2.45) is 0 Å². The Morgan fingerprint density at radius 2 is 1.74 bits per heavy atom. The van der Waals surface area contributed by atoms with E-state index in [1.807, 2.05) is 25.1 Å². The van der Waals surface area contributed by atoms with Gasteiger partial charge < -0.3 is 10.1 Å². The van der Waals surface area contributed by atoms with Crippen molar-refractivity contribution in [1.29, 1.82) is 0 Å². The highest BCUT2D eigenvalue weighted by molar-refractivity contribution is 5.80. The highest BCUT2D eigenvalue weighted by atomic mass is 19.1. The van der Waals surface area contributed by atoms with Gasteiger partial charge >= 0.3 is 0 Å². The molecule has 0 aliphatic carbocycles. The van der Waals surface area contributed by atoms with Crippen LogP contribution >= 0.6 is 0 Å². The first kappa shape index (κ1) is 17.0. The number of carbonyl (C=O) groups excluding carboxylic acids is 1. The third-order valence-corrected chi connectivity index (χ3v) is 3.59. The lowest BCUT2D eigenvalue weighted by Crippen LogP contribution is -2.41. The van der Waals surface area contributed by atoms with Crippen LogP contribution in [0.4, 0.5) is 4.39 Å². The summed E-state index contributed by atoms with van der Waals surface area (Å²) in [7, 11) is 0. The summed E-state index contributed by atoms with van der Waals surface area (Å²) in [5.41, 5.74) is 1.25. The van der Waals surface area contributed by atoms with E-state index in [-0.39, 0.29) is 17.8 Å². The maximum atomic E-state index is 12.8. The number of hydrogen-bond acceptors (Lipinski definition) is 2. The van der Waals surface area contributed by atoms with Crippen molar-refractivity contribution >= 4 is 5.91 Å². The smallest absolute Gasteiger partial charge is 0.260 e. The van der Waals surface area contributed by atoms with E-state index in [0.717, 1.165) is 12.8 Å². The fourth-order valence-electron chi connectivity index (χ4n) is 2.23. The lowest BCUT2D eigenvalue weighted by atomic mass is 10.1. The lowest BCUT2D eigenvalue weighted by molar-refractivity contribution is -0.127. The number of amides is 1. The first-order valence-corrected chi connectivity index (χ1v) is 7.81. The Bertz CT molecular complexity index is 613. The van der Waals surface area contributed by atoms with Crippen LogP contribution in [0.2, 0.25) is 0 Å². The second-order valence-electron chi connectivity index (χ2n) is 5.65. The third kappa shape index (κ3) is 5.74. The van der Waals surface area contributed by atoms with E-state index >= 15 is 0 Å². The Hall–Kier alpha value is -2.36. The predicted molar refractivity (Wildman–Crippen MR) is 88.9 cm³/mol. The van der Waals surface area contributed by atoms with Crippen LogP contribution in [0.5, 0.6) is 5.75 Å². The Balaban J connectivity index is 1.77. The molecular formula is C19H22FNO2. The number of benzene rings is 2. The average molecular weight is 315 g/mol. The third-order valence-electron chi connectivity index (χ3n) is 3.59. The van der Waals surface area contributed by atoms with E-state index in [2.05, 4.69) is 17.4 Å². The van der Waals surface area contributed by atoms with Gasteiger partial charge in [0.15, 0.2) is 6.10 Å². The fourth-order valence-corrected chi connectivity index (χ4v) is 2.23. The van der Waals surface area contributed by atoms with Crippen LogP contribution in [0.3, 0.4) is 0 Å². The zero-order chi connectivity index (χ0) is 16.7. The minimum atomic E-state index is -0.625. The Morgan fingerprint density at radius 3 is 2.39 bits per heavy atom. The van der Waals surface area contributed by atoms with Gasteiger partial charge in [0.25, 0.3) is 5.91 Å². The largest absolute Gasteiger partial charge is 0.481 e. The average Bonchev–Trinajstić information content (AvgIpc) is 2.56. The van der Waals surface area contributed by atoms with Gasteiger partial charge in [-0.2, -0.15) is 0 Å². The molecule has 2 aromatic rings. The van der Waals surface area contributed by atoms with Gasteiger partial charge in [-0.05, 0) is 56.5 Å². The summed E-state index contributed by atoms with van der Waals surface area (Å²) in [5, 5.41) is 2.94. The summed E-state index contributed by atoms with van der Waals surface area (Å²) in [4.78, 5) is 12.1. The normalized spacial score (nSPS) is 13.2. The maximum Gasteiger partial charge on any atom is 0.260 e. The number of carbonyl (C=O) groups is 1. The summed E-state index contributed by atoms with van der Waals surface area (Å²) < 4.78 is 18.4. The lowest BCUT2D eigenvalue weighted by Gasteiger charge is -2.18. The fraction of sp³-hybridized carbons (Fsp3) is 0.316. The van der Waals surface area contributed by atoms with Crippen molar-refractivity contribution in [3.05, 3.63) is 66.0 Å². The number of nitrogens with one attached hydrogen (secondary N) is 1. The Kier molecular flexibility index (Phi) is 6.15. The van der Waals surface area contributed by atoms with Crippen molar-refractivity contribution in [1.82, 2.24) is 5.32 Å². The van der Waals surface area contributed by atoms with Crippen LogP contribution in [0.15, 0.2) is 54.6 Å². The second kappa shape index (κ2) is 8.32. The summed E-state index contributed by atoms with van der Waals surface area (Å²) in [6.45, 7) is 3.66. The number of ether oxygens (including phenoxy) is 1. The molecule has 2 atom stereocenters. The molecule has 2 rings (SSSR count). The van der Waals surface area contributed by atoms with E-state index in [1.165, 1.54) is 29.8 Å². The molecule has 0 spiro atoms. The van der Waals surface area contributed by atoms with Crippen LogP contribution in [-0.4, -0.2) is 18.1 Å². The molecule has 0 heterocycles. The van der Waals surface area contributed by atoms with E-state index in [1.54, 1.807) is 6.92 Å². The molecule has 4 heteroatoms. The summed E-state index contributed by atoms with van der Waals surface area (Å²) in [6, 6.07) is 15.9. The number of hydrogen-bond donors (Lipinski definition) is 1. The van der Waals surface area contributed by atoms with Crippen LogP contribution in [0, 0.1) is 5.82 Å². The standard InChI is InChI=1S/C19H22FNO2/c1-14(8-9-16-6-4-3-5-7-16)21-19(22)15(2)23-18-12-10-17(20)11-13-18/h3-7,10-15H,8-9H2,1-2H3,(H,21,22)/t14-,15+/m0/s1. The van der Waals surface area contributed by atoms with E-state index in [4.69, 9.17) is 4.74 Å². The van der Waals surface area contributed by atoms with E-state index in [9.17, 15) is 9.18 Å². The zero-order valence-corrected chi connectivity index (χ0v) is 13.5. The molecule has 0 radical (unpaired) electrons. The summed E-state index contributed by atoms with van der Waals surface area (Å²) in [5.74, 6) is -0.0233. The zero-order valence-electron chi connectivity index (χ0n) is 13.5. The minimum absolute atomic E-state index is 0.0574. The predicted octanol–water partition coefficient (Wildman–Crippen LogP) is 3.73. The number of rotatable bonds is 7. The minimum Gasteiger partial charge on any atom is -0.481 e. The Morgan fingerprint density at radius 1 is 1.09 bits per heavy atom. The van der Waals surface area contributed by atoms with Gasteiger partial charge in [0, 0.05) is 6.04 Å². The topological polar surface area (TPSA) is 38.3 Å². The molecule has 0 saturated heterocycles. The molecular weight excluding hydrogens is 293 g/mol. The van der Waals surface area contributed by atoms with Crippen molar-refractivity contribution in [3.8, 4) is 5.75 Å². The molecule has 0 aromatic heterocycles. The van der Waals surface area contributed by atoms with Crippen molar-refractivity contribution < 1.29 is 13.9 Å². The maximum absolute atomic E-state index is 12.8. The molecule has 23 heavy (non-hydrogen) atoms. The van der Waals surface area contributed by atoms with Gasteiger partial charge in [0.1, 0.15) is 11.6 Å². The van der Waals surface area contributed by atoms with Crippen molar-refractivity contribution in [2.45, 2.75) is 38.8 Å². The van der Waals surface area contributed by atoms with Gasteiger partial charge in [0.2, 0.25) is 0 Å². The number of halogens is 1. The summed E-state index contributed by atoms with van der Waals surface area (Å²) >= 11 is 0. The van der Waals surface area contributed by atoms with Gasteiger partial charge in [0.05, 0.1) is 0 Å². The summed E-state index contributed by atoms with van der Waals surface area (Å²) in [6.07, 6.45) is 1.15. The van der Waals surface area contributed by atoms with Crippen molar-refractivity contribution in [3.63, 3.8) is 0 Å². The van der Waals surface area contributed by atoms with Crippen LogP contribution in [-0.2, 0) is 11.2 Å².